The molecule has 0 spiro atoms. The molecule has 2 rings (SSSR count). The average Bonchev–Trinajstić information content (AvgIpc) is 2.49. The zero-order valence-corrected chi connectivity index (χ0v) is 9.93. The summed E-state index contributed by atoms with van der Waals surface area (Å²) in [5, 5.41) is 3.93. The first kappa shape index (κ1) is 10.4. The van der Waals surface area contributed by atoms with Crippen molar-refractivity contribution in [2.75, 3.05) is 0 Å². The smallest absolute Gasteiger partial charge is 0.148 e. The molecule has 1 aromatic heterocycles. The van der Waals surface area contributed by atoms with Gasteiger partial charge in [-0.05, 0) is 53.5 Å². The zero-order chi connectivity index (χ0) is 11.0. The Morgan fingerprint density at radius 1 is 1.33 bits per heavy atom. The highest BCUT2D eigenvalue weighted by atomic mass is 79.9. The largest absolute Gasteiger partial charge is 0.360 e. The van der Waals surface area contributed by atoms with Crippen molar-refractivity contribution in [3.8, 4) is 11.3 Å². The molecular weight excluding hydrogens is 261 g/mol. The fourth-order valence-electron chi connectivity index (χ4n) is 1.42. The Balaban J connectivity index is 2.59. The third-order valence-corrected chi connectivity index (χ3v) is 3.17. The van der Waals surface area contributed by atoms with Crippen LogP contribution in [0.2, 0.25) is 0 Å². The summed E-state index contributed by atoms with van der Waals surface area (Å²) in [6, 6.07) is 4.59. The second-order valence-corrected chi connectivity index (χ2v) is 4.15. The number of rotatable bonds is 1. The third kappa shape index (κ3) is 1.81. The van der Waals surface area contributed by atoms with Crippen LogP contribution >= 0.6 is 15.9 Å². The van der Waals surface area contributed by atoms with Gasteiger partial charge in [-0.15, -0.1) is 0 Å². The first-order valence-corrected chi connectivity index (χ1v) is 5.27. The fraction of sp³-hybridized carbons (Fsp3) is 0.182. The van der Waals surface area contributed by atoms with E-state index >= 15 is 0 Å². The van der Waals surface area contributed by atoms with Crippen LogP contribution in [0.3, 0.4) is 0 Å². The van der Waals surface area contributed by atoms with Crippen LogP contribution in [-0.2, 0) is 0 Å². The zero-order valence-electron chi connectivity index (χ0n) is 8.34. The molecule has 0 radical (unpaired) electrons. The van der Waals surface area contributed by atoms with Crippen LogP contribution in [-0.4, -0.2) is 5.16 Å². The molecule has 4 heteroatoms. The van der Waals surface area contributed by atoms with Gasteiger partial charge in [0.25, 0.3) is 0 Å². The van der Waals surface area contributed by atoms with Crippen molar-refractivity contribution in [2.45, 2.75) is 13.8 Å². The molecule has 0 amide bonds. The molecule has 0 atom stereocenters. The summed E-state index contributed by atoms with van der Waals surface area (Å²) in [7, 11) is 0. The predicted molar refractivity (Wildman–Crippen MR) is 59.1 cm³/mol. The van der Waals surface area contributed by atoms with Crippen LogP contribution in [0, 0.1) is 19.7 Å². The van der Waals surface area contributed by atoms with Crippen molar-refractivity contribution >= 4 is 15.9 Å². The van der Waals surface area contributed by atoms with Crippen LogP contribution in [0.25, 0.3) is 11.3 Å². The Morgan fingerprint density at radius 2 is 2.07 bits per heavy atom. The molecule has 1 heterocycles. The highest BCUT2D eigenvalue weighted by Crippen LogP contribution is 2.31. The average molecular weight is 270 g/mol. The molecular formula is C11H9BrFNO. The standard InChI is InChI=1S/C11H9BrFNO/c1-6-5-8(13)3-4-9(6)11-10(12)7(2)15-14-11/h3-5H,1-2H3. The maximum absolute atomic E-state index is 12.9. The minimum atomic E-state index is -0.243. The molecule has 0 N–H and O–H groups in total. The first-order chi connectivity index (χ1) is 7.09. The van der Waals surface area contributed by atoms with E-state index in [0.29, 0.717) is 11.5 Å². The molecule has 0 fully saturated rings. The van der Waals surface area contributed by atoms with Crippen LogP contribution < -0.4 is 0 Å². The first-order valence-electron chi connectivity index (χ1n) is 4.48. The Labute approximate surface area is 95.2 Å². The molecule has 15 heavy (non-hydrogen) atoms. The van der Waals surface area contributed by atoms with E-state index in [2.05, 4.69) is 21.1 Å². The van der Waals surface area contributed by atoms with E-state index in [1.165, 1.54) is 12.1 Å². The minimum Gasteiger partial charge on any atom is -0.360 e. The second kappa shape index (κ2) is 3.77. The van der Waals surface area contributed by atoms with Gasteiger partial charge in [0.2, 0.25) is 0 Å². The van der Waals surface area contributed by atoms with Crippen molar-refractivity contribution in [3.05, 3.63) is 39.8 Å². The molecule has 0 aliphatic heterocycles. The van der Waals surface area contributed by atoms with Gasteiger partial charge < -0.3 is 4.52 Å². The summed E-state index contributed by atoms with van der Waals surface area (Å²) in [6.07, 6.45) is 0. The van der Waals surface area contributed by atoms with Gasteiger partial charge in [0.1, 0.15) is 17.3 Å². The maximum Gasteiger partial charge on any atom is 0.148 e. The van der Waals surface area contributed by atoms with Gasteiger partial charge in [-0.3, -0.25) is 0 Å². The Bertz CT molecular complexity index is 507. The van der Waals surface area contributed by atoms with Gasteiger partial charge in [0.15, 0.2) is 0 Å². The van der Waals surface area contributed by atoms with Gasteiger partial charge in [-0.25, -0.2) is 4.39 Å². The molecule has 1 aromatic carbocycles. The highest BCUT2D eigenvalue weighted by molar-refractivity contribution is 9.10. The summed E-state index contributed by atoms with van der Waals surface area (Å²) in [6.45, 7) is 3.66. The summed E-state index contributed by atoms with van der Waals surface area (Å²) < 4.78 is 18.8. The van der Waals surface area contributed by atoms with Gasteiger partial charge in [-0.1, -0.05) is 5.16 Å². The SMILES string of the molecule is Cc1cc(F)ccc1-c1noc(C)c1Br. The Kier molecular flexibility index (Phi) is 2.61. The predicted octanol–water partition coefficient (Wildman–Crippen LogP) is 3.86. The normalized spacial score (nSPS) is 10.7. The topological polar surface area (TPSA) is 26.0 Å². The van der Waals surface area contributed by atoms with Crippen LogP contribution in [0.5, 0.6) is 0 Å². The minimum absolute atomic E-state index is 0.243. The molecule has 2 aromatic rings. The lowest BCUT2D eigenvalue weighted by Gasteiger charge is -2.01. The van der Waals surface area contributed by atoms with E-state index in [1.807, 2.05) is 13.8 Å². The van der Waals surface area contributed by atoms with Gasteiger partial charge in [-0.2, -0.15) is 0 Å². The van der Waals surface area contributed by atoms with E-state index in [4.69, 9.17) is 4.52 Å². The van der Waals surface area contributed by atoms with E-state index < -0.39 is 0 Å². The molecule has 0 saturated carbocycles. The lowest BCUT2D eigenvalue weighted by molar-refractivity contribution is 0.399. The summed E-state index contributed by atoms with van der Waals surface area (Å²) >= 11 is 3.39. The molecule has 0 aliphatic rings. The number of aryl methyl sites for hydroxylation is 2. The fourth-order valence-corrected chi connectivity index (χ4v) is 1.78. The highest BCUT2D eigenvalue weighted by Gasteiger charge is 2.13. The number of hydrogen-bond donors (Lipinski definition) is 0. The lowest BCUT2D eigenvalue weighted by Crippen LogP contribution is -1.85. The van der Waals surface area contributed by atoms with Crippen molar-refractivity contribution in [1.82, 2.24) is 5.16 Å². The number of benzene rings is 1. The van der Waals surface area contributed by atoms with Crippen LogP contribution in [0.15, 0.2) is 27.2 Å². The third-order valence-electron chi connectivity index (χ3n) is 2.23. The number of nitrogens with zero attached hydrogens (tertiary/aromatic N) is 1. The summed E-state index contributed by atoms with van der Waals surface area (Å²) in [4.78, 5) is 0. The molecule has 78 valence electrons. The number of halogens is 2. The summed E-state index contributed by atoms with van der Waals surface area (Å²) in [5.74, 6) is 0.473. The van der Waals surface area contributed by atoms with Gasteiger partial charge in [0, 0.05) is 5.56 Å². The Morgan fingerprint density at radius 3 is 2.60 bits per heavy atom. The van der Waals surface area contributed by atoms with E-state index in [-0.39, 0.29) is 5.82 Å². The van der Waals surface area contributed by atoms with Crippen LogP contribution in [0.4, 0.5) is 4.39 Å². The second-order valence-electron chi connectivity index (χ2n) is 3.36. The maximum atomic E-state index is 12.9. The van der Waals surface area contributed by atoms with E-state index in [0.717, 1.165) is 15.6 Å². The monoisotopic (exact) mass is 269 g/mol. The quantitative estimate of drug-likeness (QED) is 0.786. The van der Waals surface area contributed by atoms with Crippen molar-refractivity contribution < 1.29 is 8.91 Å². The van der Waals surface area contributed by atoms with Gasteiger partial charge >= 0.3 is 0 Å². The molecule has 0 unspecified atom stereocenters. The van der Waals surface area contributed by atoms with Crippen molar-refractivity contribution in [2.24, 2.45) is 0 Å². The molecule has 0 bridgehead atoms. The number of hydrogen-bond acceptors (Lipinski definition) is 2. The van der Waals surface area contributed by atoms with Crippen molar-refractivity contribution in [3.63, 3.8) is 0 Å². The van der Waals surface area contributed by atoms with E-state index in [9.17, 15) is 4.39 Å². The van der Waals surface area contributed by atoms with Crippen LogP contribution in [0.1, 0.15) is 11.3 Å². The molecule has 0 saturated heterocycles. The summed E-state index contributed by atoms with van der Waals surface area (Å²) in [5.41, 5.74) is 2.43. The Hall–Kier alpha value is -1.16. The van der Waals surface area contributed by atoms with E-state index in [1.54, 1.807) is 6.07 Å². The molecule has 2 nitrogen and oxygen atoms in total. The van der Waals surface area contributed by atoms with Crippen molar-refractivity contribution in [1.29, 1.82) is 0 Å². The van der Waals surface area contributed by atoms with Gasteiger partial charge in [0.05, 0.1) is 4.47 Å². The number of aromatic nitrogens is 1. The molecule has 0 aliphatic carbocycles. The lowest BCUT2D eigenvalue weighted by atomic mass is 10.1.